The highest BCUT2D eigenvalue weighted by Gasteiger charge is 2.42. The molecule has 17 heavy (non-hydrogen) atoms. The normalized spacial score (nSPS) is 22.1. The van der Waals surface area contributed by atoms with Crippen LogP contribution < -0.4 is 5.73 Å². The molecule has 0 saturated carbocycles. The standard InChI is InChI=1S/C13H11N3O/c14-12-13(17,9-5-2-1-3-6-9)10-7-4-8-15-11(10)16-12/h1-8,17H,(H2,14,15,16). The highest BCUT2D eigenvalue weighted by molar-refractivity contribution is 5.99. The molecule has 0 radical (unpaired) electrons. The summed E-state index contributed by atoms with van der Waals surface area (Å²) in [5, 5.41) is 10.8. The van der Waals surface area contributed by atoms with E-state index in [0.717, 1.165) is 0 Å². The molecule has 0 spiro atoms. The number of aliphatic hydroxyl groups is 1. The monoisotopic (exact) mass is 225 g/mol. The summed E-state index contributed by atoms with van der Waals surface area (Å²) in [6.07, 6.45) is 1.63. The molecule has 4 heteroatoms. The first-order chi connectivity index (χ1) is 8.23. The van der Waals surface area contributed by atoms with Crippen LogP contribution in [0.3, 0.4) is 0 Å². The minimum Gasteiger partial charge on any atom is -0.384 e. The van der Waals surface area contributed by atoms with E-state index in [1.54, 1.807) is 18.3 Å². The van der Waals surface area contributed by atoms with E-state index < -0.39 is 5.60 Å². The van der Waals surface area contributed by atoms with Crippen LogP contribution in [-0.2, 0) is 5.60 Å². The molecular formula is C13H11N3O. The number of hydrogen-bond donors (Lipinski definition) is 2. The third-order valence-electron chi connectivity index (χ3n) is 2.97. The Kier molecular flexibility index (Phi) is 2.00. The fraction of sp³-hybridized carbons (Fsp3) is 0.0769. The van der Waals surface area contributed by atoms with Crippen LogP contribution in [0.25, 0.3) is 0 Å². The third-order valence-corrected chi connectivity index (χ3v) is 2.97. The predicted octanol–water partition coefficient (Wildman–Crippen LogP) is 1.32. The summed E-state index contributed by atoms with van der Waals surface area (Å²) in [5.41, 5.74) is 5.83. The van der Waals surface area contributed by atoms with Crippen molar-refractivity contribution < 1.29 is 5.11 Å². The van der Waals surface area contributed by atoms with Gasteiger partial charge in [-0.3, -0.25) is 0 Å². The summed E-state index contributed by atoms with van der Waals surface area (Å²) in [7, 11) is 0. The van der Waals surface area contributed by atoms with Crippen molar-refractivity contribution in [3.8, 4) is 0 Å². The smallest absolute Gasteiger partial charge is 0.176 e. The molecule has 0 bridgehead atoms. The molecule has 1 aliphatic rings. The van der Waals surface area contributed by atoms with E-state index in [0.29, 0.717) is 16.9 Å². The molecule has 2 aromatic rings. The van der Waals surface area contributed by atoms with E-state index >= 15 is 0 Å². The molecule has 3 N–H and O–H groups in total. The van der Waals surface area contributed by atoms with Gasteiger partial charge in [0.1, 0.15) is 5.84 Å². The summed E-state index contributed by atoms with van der Waals surface area (Å²) in [5.74, 6) is 0.647. The van der Waals surface area contributed by atoms with Gasteiger partial charge < -0.3 is 10.8 Å². The van der Waals surface area contributed by atoms with Gasteiger partial charge in [-0.1, -0.05) is 30.3 Å². The summed E-state index contributed by atoms with van der Waals surface area (Å²) in [6, 6.07) is 12.8. The van der Waals surface area contributed by atoms with Gasteiger partial charge in [-0.15, -0.1) is 0 Å². The Labute approximate surface area is 98.5 Å². The SMILES string of the molecule is NC1=Nc2ncccc2C1(O)c1ccccc1. The minimum atomic E-state index is -1.36. The van der Waals surface area contributed by atoms with Crippen molar-refractivity contribution in [1.29, 1.82) is 0 Å². The number of aliphatic imine (C=N–C) groups is 1. The van der Waals surface area contributed by atoms with E-state index in [1.165, 1.54) is 0 Å². The van der Waals surface area contributed by atoms with Crippen LogP contribution in [0.15, 0.2) is 53.7 Å². The van der Waals surface area contributed by atoms with Crippen LogP contribution in [0.2, 0.25) is 0 Å². The maximum absolute atomic E-state index is 10.8. The maximum atomic E-state index is 10.8. The van der Waals surface area contributed by atoms with Crippen molar-refractivity contribution in [3.63, 3.8) is 0 Å². The van der Waals surface area contributed by atoms with Crippen LogP contribution in [0, 0.1) is 0 Å². The highest BCUT2D eigenvalue weighted by atomic mass is 16.3. The lowest BCUT2D eigenvalue weighted by Crippen LogP contribution is -2.39. The highest BCUT2D eigenvalue weighted by Crippen LogP contribution is 2.39. The van der Waals surface area contributed by atoms with E-state index in [-0.39, 0.29) is 5.84 Å². The molecule has 0 fully saturated rings. The van der Waals surface area contributed by atoms with Crippen molar-refractivity contribution in [2.24, 2.45) is 10.7 Å². The van der Waals surface area contributed by atoms with Crippen LogP contribution in [0.1, 0.15) is 11.1 Å². The average Bonchev–Trinajstić information content (AvgIpc) is 2.64. The fourth-order valence-corrected chi connectivity index (χ4v) is 2.08. The largest absolute Gasteiger partial charge is 0.384 e. The molecule has 2 heterocycles. The van der Waals surface area contributed by atoms with Gasteiger partial charge in [0.25, 0.3) is 0 Å². The Morgan fingerprint density at radius 2 is 1.82 bits per heavy atom. The number of aromatic nitrogens is 1. The Morgan fingerprint density at radius 1 is 1.06 bits per heavy atom. The van der Waals surface area contributed by atoms with E-state index in [2.05, 4.69) is 9.98 Å². The van der Waals surface area contributed by atoms with Gasteiger partial charge in [0.15, 0.2) is 11.4 Å². The first kappa shape index (κ1) is 9.99. The van der Waals surface area contributed by atoms with E-state index in [9.17, 15) is 5.11 Å². The molecule has 1 unspecified atom stereocenters. The minimum absolute atomic E-state index is 0.164. The van der Waals surface area contributed by atoms with Crippen LogP contribution >= 0.6 is 0 Å². The van der Waals surface area contributed by atoms with Gasteiger partial charge >= 0.3 is 0 Å². The van der Waals surface area contributed by atoms with Crippen LogP contribution in [0.4, 0.5) is 5.82 Å². The first-order valence-electron chi connectivity index (χ1n) is 5.31. The maximum Gasteiger partial charge on any atom is 0.176 e. The molecule has 0 aliphatic carbocycles. The number of fused-ring (bicyclic) bond motifs is 1. The van der Waals surface area contributed by atoms with Gasteiger partial charge in [0.2, 0.25) is 0 Å². The number of amidine groups is 1. The van der Waals surface area contributed by atoms with Gasteiger partial charge in [-0.2, -0.15) is 0 Å². The molecule has 1 atom stereocenters. The lowest BCUT2D eigenvalue weighted by molar-refractivity contribution is 0.158. The van der Waals surface area contributed by atoms with Crippen molar-refractivity contribution in [2.45, 2.75) is 5.60 Å². The molecule has 0 saturated heterocycles. The van der Waals surface area contributed by atoms with Crippen molar-refractivity contribution >= 4 is 11.7 Å². The summed E-state index contributed by atoms with van der Waals surface area (Å²) in [6.45, 7) is 0. The molecule has 1 aliphatic heterocycles. The molecule has 1 aromatic heterocycles. The molecule has 4 nitrogen and oxygen atoms in total. The lowest BCUT2D eigenvalue weighted by Gasteiger charge is -2.24. The van der Waals surface area contributed by atoms with Gasteiger partial charge in [0, 0.05) is 11.8 Å². The van der Waals surface area contributed by atoms with E-state index in [4.69, 9.17) is 5.73 Å². The summed E-state index contributed by atoms with van der Waals surface area (Å²) < 4.78 is 0. The number of nitrogens with two attached hydrogens (primary N) is 1. The first-order valence-corrected chi connectivity index (χ1v) is 5.31. The van der Waals surface area contributed by atoms with Crippen LogP contribution in [-0.4, -0.2) is 15.9 Å². The Hall–Kier alpha value is -2.20. The molecule has 0 amide bonds. The quantitative estimate of drug-likeness (QED) is 0.768. The van der Waals surface area contributed by atoms with Crippen molar-refractivity contribution in [2.75, 3.05) is 0 Å². The zero-order valence-corrected chi connectivity index (χ0v) is 9.04. The fourth-order valence-electron chi connectivity index (χ4n) is 2.08. The predicted molar refractivity (Wildman–Crippen MR) is 65.0 cm³/mol. The number of pyridine rings is 1. The third kappa shape index (κ3) is 1.28. The molecule has 84 valence electrons. The Bertz CT molecular complexity index is 595. The second-order valence-electron chi connectivity index (χ2n) is 3.95. The van der Waals surface area contributed by atoms with Gasteiger partial charge in [0.05, 0.1) is 0 Å². The summed E-state index contributed by atoms with van der Waals surface area (Å²) in [4.78, 5) is 8.22. The van der Waals surface area contributed by atoms with Crippen molar-refractivity contribution in [3.05, 3.63) is 59.8 Å². The zero-order valence-electron chi connectivity index (χ0n) is 9.04. The van der Waals surface area contributed by atoms with Crippen molar-refractivity contribution in [1.82, 2.24) is 4.98 Å². The Morgan fingerprint density at radius 3 is 2.59 bits per heavy atom. The average molecular weight is 225 g/mol. The van der Waals surface area contributed by atoms with Gasteiger partial charge in [-0.05, 0) is 17.7 Å². The molecule has 1 aromatic carbocycles. The number of rotatable bonds is 1. The number of benzene rings is 1. The molecular weight excluding hydrogens is 214 g/mol. The van der Waals surface area contributed by atoms with E-state index in [1.807, 2.05) is 30.3 Å². The number of nitrogens with zero attached hydrogens (tertiary/aromatic N) is 2. The zero-order chi connectivity index (χ0) is 11.9. The topological polar surface area (TPSA) is 71.5 Å². The lowest BCUT2D eigenvalue weighted by atomic mass is 9.87. The molecule has 3 rings (SSSR count). The van der Waals surface area contributed by atoms with Crippen LogP contribution in [0.5, 0.6) is 0 Å². The van der Waals surface area contributed by atoms with Gasteiger partial charge in [-0.25, -0.2) is 9.98 Å². The second-order valence-corrected chi connectivity index (χ2v) is 3.95. The number of hydrogen-bond acceptors (Lipinski definition) is 4. The second kappa shape index (κ2) is 3.40. The Balaban J connectivity index is 2.25. The summed E-state index contributed by atoms with van der Waals surface area (Å²) >= 11 is 0.